The fraction of sp³-hybridized carbons (Fsp3) is 0.571. The molecule has 0 saturated heterocycles. The molecular formula is C7H12N4O. The highest BCUT2D eigenvalue weighted by atomic mass is 16.1. The van der Waals surface area contributed by atoms with Crippen LogP contribution in [0.5, 0.6) is 0 Å². The van der Waals surface area contributed by atoms with Crippen LogP contribution in [0.15, 0.2) is 17.8 Å². The number of nitrogens with zero attached hydrogens (tertiary/aromatic N) is 3. The number of allylic oxidation sites excluding steroid dienone is 1. The molecule has 12 heavy (non-hydrogen) atoms. The van der Waals surface area contributed by atoms with Crippen molar-refractivity contribution in [2.24, 2.45) is 5.11 Å². The van der Waals surface area contributed by atoms with Crippen LogP contribution in [0.4, 0.5) is 0 Å². The van der Waals surface area contributed by atoms with Crippen molar-refractivity contribution in [1.82, 2.24) is 5.32 Å². The van der Waals surface area contributed by atoms with E-state index in [1.165, 1.54) is 0 Å². The first-order chi connectivity index (χ1) is 5.81. The average Bonchev–Trinajstić information content (AvgIpc) is 2.09. The van der Waals surface area contributed by atoms with Gasteiger partial charge in [-0.3, -0.25) is 4.79 Å². The van der Waals surface area contributed by atoms with Crippen LogP contribution in [-0.2, 0) is 4.79 Å². The van der Waals surface area contributed by atoms with Gasteiger partial charge in [0.2, 0.25) is 5.91 Å². The van der Waals surface area contributed by atoms with Crippen molar-refractivity contribution in [1.29, 1.82) is 0 Å². The highest BCUT2D eigenvalue weighted by Crippen LogP contribution is 1.87. The van der Waals surface area contributed by atoms with Gasteiger partial charge < -0.3 is 5.32 Å². The molecule has 0 aliphatic rings. The molecule has 0 fully saturated rings. The highest BCUT2D eigenvalue weighted by molar-refractivity contribution is 5.75. The zero-order chi connectivity index (χ0) is 9.23. The first-order valence-corrected chi connectivity index (χ1v) is 3.69. The Labute approximate surface area is 71.1 Å². The van der Waals surface area contributed by atoms with E-state index in [1.54, 1.807) is 6.08 Å². The van der Waals surface area contributed by atoms with E-state index in [1.807, 2.05) is 0 Å². The van der Waals surface area contributed by atoms with Gasteiger partial charge in [-0.1, -0.05) is 11.2 Å². The molecule has 0 bridgehead atoms. The Morgan fingerprint density at radius 3 is 3.08 bits per heavy atom. The molecule has 0 aliphatic carbocycles. The maximum Gasteiger partial charge on any atom is 0.220 e. The van der Waals surface area contributed by atoms with Gasteiger partial charge >= 0.3 is 0 Å². The highest BCUT2D eigenvalue weighted by Gasteiger charge is 1.96. The number of amides is 1. The lowest BCUT2D eigenvalue weighted by Crippen LogP contribution is -2.25. The molecule has 0 heterocycles. The lowest BCUT2D eigenvalue weighted by molar-refractivity contribution is -0.120. The Balaban J connectivity index is 3.30. The van der Waals surface area contributed by atoms with E-state index in [0.717, 1.165) is 0 Å². The molecule has 0 aromatic carbocycles. The van der Waals surface area contributed by atoms with Crippen molar-refractivity contribution in [2.75, 3.05) is 13.1 Å². The maximum absolute atomic E-state index is 10.9. The van der Waals surface area contributed by atoms with Crippen molar-refractivity contribution in [3.8, 4) is 0 Å². The van der Waals surface area contributed by atoms with Gasteiger partial charge in [-0.25, -0.2) is 0 Å². The third kappa shape index (κ3) is 6.64. The van der Waals surface area contributed by atoms with Gasteiger partial charge in [-0.2, -0.15) is 0 Å². The summed E-state index contributed by atoms with van der Waals surface area (Å²) in [5.74, 6) is -0.0389. The maximum atomic E-state index is 10.9. The summed E-state index contributed by atoms with van der Waals surface area (Å²) < 4.78 is 0. The van der Waals surface area contributed by atoms with E-state index in [2.05, 4.69) is 21.9 Å². The number of nitrogens with one attached hydrogen (secondary N) is 1. The largest absolute Gasteiger partial charge is 0.356 e. The monoisotopic (exact) mass is 168 g/mol. The number of carbonyl (C=O) groups excluding carboxylic acids is 1. The second-order valence-corrected chi connectivity index (χ2v) is 2.13. The standard InChI is InChI=1S/C7H12N4O/c1-2-3-4-7(12)9-5-6-10-11-8/h2H,1,3-6H2,(H,9,12). The van der Waals surface area contributed by atoms with E-state index in [9.17, 15) is 4.79 Å². The average molecular weight is 168 g/mol. The number of rotatable bonds is 6. The van der Waals surface area contributed by atoms with Crippen molar-refractivity contribution in [3.05, 3.63) is 23.1 Å². The zero-order valence-electron chi connectivity index (χ0n) is 6.86. The van der Waals surface area contributed by atoms with Crippen LogP contribution in [-0.4, -0.2) is 19.0 Å². The van der Waals surface area contributed by atoms with Gasteiger partial charge in [-0.15, -0.1) is 6.58 Å². The molecule has 0 aliphatic heterocycles. The third-order valence-corrected chi connectivity index (χ3v) is 1.17. The molecule has 66 valence electrons. The Morgan fingerprint density at radius 1 is 1.75 bits per heavy atom. The zero-order valence-corrected chi connectivity index (χ0v) is 6.86. The summed E-state index contributed by atoms with van der Waals surface area (Å²) in [5, 5.41) is 5.87. The number of carbonyl (C=O) groups is 1. The lowest BCUT2D eigenvalue weighted by atomic mass is 10.3. The van der Waals surface area contributed by atoms with Gasteiger partial charge in [0, 0.05) is 24.4 Å². The molecule has 1 amide bonds. The van der Waals surface area contributed by atoms with Crippen LogP contribution in [0, 0.1) is 0 Å². The van der Waals surface area contributed by atoms with Gasteiger partial charge in [0.05, 0.1) is 0 Å². The van der Waals surface area contributed by atoms with E-state index < -0.39 is 0 Å². The van der Waals surface area contributed by atoms with Gasteiger partial charge in [0.15, 0.2) is 0 Å². The van der Waals surface area contributed by atoms with E-state index in [0.29, 0.717) is 25.9 Å². The number of hydrogen-bond donors (Lipinski definition) is 1. The van der Waals surface area contributed by atoms with Crippen LogP contribution in [0.2, 0.25) is 0 Å². The van der Waals surface area contributed by atoms with Crippen LogP contribution in [0.1, 0.15) is 12.8 Å². The van der Waals surface area contributed by atoms with Crippen LogP contribution in [0.25, 0.3) is 10.4 Å². The van der Waals surface area contributed by atoms with Crippen molar-refractivity contribution in [3.63, 3.8) is 0 Å². The molecular weight excluding hydrogens is 156 g/mol. The minimum absolute atomic E-state index is 0.0389. The van der Waals surface area contributed by atoms with Gasteiger partial charge in [0.25, 0.3) is 0 Å². The molecule has 0 rings (SSSR count). The van der Waals surface area contributed by atoms with Gasteiger partial charge in [0.1, 0.15) is 0 Å². The lowest BCUT2D eigenvalue weighted by Gasteiger charge is -1.99. The Hall–Kier alpha value is -1.48. The van der Waals surface area contributed by atoms with Gasteiger partial charge in [-0.05, 0) is 12.0 Å². The fourth-order valence-electron chi connectivity index (χ4n) is 0.612. The normalized spacial score (nSPS) is 8.33. The molecule has 0 saturated carbocycles. The van der Waals surface area contributed by atoms with Crippen LogP contribution in [0.3, 0.4) is 0 Å². The minimum Gasteiger partial charge on any atom is -0.356 e. The summed E-state index contributed by atoms with van der Waals surface area (Å²) in [6.07, 6.45) is 2.81. The Morgan fingerprint density at radius 2 is 2.50 bits per heavy atom. The predicted molar refractivity (Wildman–Crippen MR) is 46.5 cm³/mol. The molecule has 5 heteroatoms. The second kappa shape index (κ2) is 7.63. The van der Waals surface area contributed by atoms with Crippen LogP contribution < -0.4 is 5.32 Å². The first-order valence-electron chi connectivity index (χ1n) is 3.69. The summed E-state index contributed by atoms with van der Waals surface area (Å²) >= 11 is 0. The molecule has 0 atom stereocenters. The summed E-state index contributed by atoms with van der Waals surface area (Å²) in [7, 11) is 0. The second-order valence-electron chi connectivity index (χ2n) is 2.13. The molecule has 0 unspecified atom stereocenters. The Bertz CT molecular complexity index is 196. The smallest absolute Gasteiger partial charge is 0.220 e. The molecule has 0 radical (unpaired) electrons. The predicted octanol–water partition coefficient (Wildman–Crippen LogP) is 1.38. The summed E-state index contributed by atoms with van der Waals surface area (Å²) in [5.41, 5.74) is 7.91. The van der Waals surface area contributed by atoms with Crippen molar-refractivity contribution >= 4 is 5.91 Å². The number of azide groups is 1. The molecule has 0 aromatic heterocycles. The molecule has 0 aromatic rings. The van der Waals surface area contributed by atoms with E-state index in [4.69, 9.17) is 5.53 Å². The molecule has 0 spiro atoms. The third-order valence-electron chi connectivity index (χ3n) is 1.17. The molecule has 1 N–H and O–H groups in total. The summed E-state index contributed by atoms with van der Waals surface area (Å²) in [6, 6.07) is 0. The quantitative estimate of drug-likeness (QED) is 0.210. The minimum atomic E-state index is -0.0389. The topological polar surface area (TPSA) is 77.9 Å². The number of hydrogen-bond acceptors (Lipinski definition) is 2. The summed E-state index contributed by atoms with van der Waals surface area (Å²) in [6.45, 7) is 4.20. The van der Waals surface area contributed by atoms with Crippen molar-refractivity contribution in [2.45, 2.75) is 12.8 Å². The summed E-state index contributed by atoms with van der Waals surface area (Å²) in [4.78, 5) is 13.4. The Kier molecular flexibility index (Phi) is 6.68. The van der Waals surface area contributed by atoms with E-state index in [-0.39, 0.29) is 5.91 Å². The van der Waals surface area contributed by atoms with Crippen molar-refractivity contribution < 1.29 is 4.79 Å². The fourth-order valence-corrected chi connectivity index (χ4v) is 0.612. The first kappa shape index (κ1) is 10.5. The van der Waals surface area contributed by atoms with Crippen LogP contribution >= 0.6 is 0 Å². The van der Waals surface area contributed by atoms with E-state index >= 15 is 0 Å². The molecule has 5 nitrogen and oxygen atoms in total. The SMILES string of the molecule is C=CCCC(=O)NCCN=[N+]=[N-].